The summed E-state index contributed by atoms with van der Waals surface area (Å²) in [6, 6.07) is -11.8. The van der Waals surface area contributed by atoms with Crippen molar-refractivity contribution in [1.29, 1.82) is 0 Å². The van der Waals surface area contributed by atoms with Crippen LogP contribution in [0, 0.1) is 17.8 Å². The van der Waals surface area contributed by atoms with E-state index in [0.29, 0.717) is 38.6 Å². The van der Waals surface area contributed by atoms with Crippen molar-refractivity contribution >= 4 is 53.2 Å². The standard InChI is InChI=1S/C40H72N10O13/c1-9-21(6)30(48-36(58)29(20(4)5)47-35(57)28(19(2)3)46-32(54)24(42)13-10-11-15-41)37(59)49-31(23(8)53)38(60)43-22(7)39(61)50-16-12-14-27(50)34(56)44-25(17-51)33(55)45-26(18-52)40(62)63/h19-31,51-53H,9-18,41-42H2,1-8H3,(H,43,60)(H,44,56)(H,45,55)(H,46,54)(H,47,57)(H,48,58)(H,49,59)(H,62,63)/t21-,22-,23+,24-,25-,26-,27-,28-,29-,30-,31-/m0/s1. The first-order valence-electron chi connectivity index (χ1n) is 21.5. The molecule has 0 bridgehead atoms. The number of rotatable bonds is 27. The summed E-state index contributed by atoms with van der Waals surface area (Å²) in [4.78, 5) is 119. The third-order valence-electron chi connectivity index (χ3n) is 10.8. The van der Waals surface area contributed by atoms with Crippen LogP contribution in [0.5, 0.6) is 0 Å². The number of hydrogen-bond donors (Lipinski definition) is 13. The van der Waals surface area contributed by atoms with Gasteiger partial charge in [0, 0.05) is 6.54 Å². The van der Waals surface area contributed by atoms with Crippen molar-refractivity contribution in [3.63, 3.8) is 0 Å². The molecule has 1 aliphatic rings. The van der Waals surface area contributed by atoms with E-state index in [1.54, 1.807) is 41.5 Å². The molecule has 1 saturated heterocycles. The zero-order chi connectivity index (χ0) is 48.3. The fourth-order valence-electron chi connectivity index (χ4n) is 6.64. The normalized spacial score (nSPS) is 18.6. The number of carbonyl (C=O) groups excluding carboxylic acids is 8. The van der Waals surface area contributed by atoms with Gasteiger partial charge in [-0.25, -0.2) is 4.79 Å². The van der Waals surface area contributed by atoms with Crippen LogP contribution in [0.25, 0.3) is 0 Å². The topological polar surface area (TPSA) is 374 Å². The predicted molar refractivity (Wildman–Crippen MR) is 227 cm³/mol. The number of nitrogens with zero attached hydrogens (tertiary/aromatic N) is 1. The molecule has 11 atom stereocenters. The number of carboxylic acid groups (broad SMARTS) is 1. The van der Waals surface area contributed by atoms with Gasteiger partial charge in [-0.15, -0.1) is 0 Å². The summed E-state index contributed by atoms with van der Waals surface area (Å²) in [5.74, 6) is -9.37. The van der Waals surface area contributed by atoms with Gasteiger partial charge in [-0.3, -0.25) is 38.4 Å². The lowest BCUT2D eigenvalue weighted by atomic mass is 9.95. The van der Waals surface area contributed by atoms with Gasteiger partial charge in [0.15, 0.2) is 0 Å². The number of unbranched alkanes of at least 4 members (excludes halogenated alkanes) is 1. The highest BCUT2D eigenvalue weighted by Gasteiger charge is 2.40. The van der Waals surface area contributed by atoms with Crippen molar-refractivity contribution in [3.05, 3.63) is 0 Å². The molecule has 0 aromatic heterocycles. The lowest BCUT2D eigenvalue weighted by molar-refractivity contribution is -0.144. The van der Waals surface area contributed by atoms with Gasteiger partial charge in [-0.1, -0.05) is 54.4 Å². The van der Waals surface area contributed by atoms with Crippen LogP contribution in [0.2, 0.25) is 0 Å². The van der Waals surface area contributed by atoms with Crippen LogP contribution < -0.4 is 48.7 Å². The molecule has 1 rings (SSSR count). The van der Waals surface area contributed by atoms with Gasteiger partial charge >= 0.3 is 5.97 Å². The monoisotopic (exact) mass is 901 g/mol. The first kappa shape index (κ1) is 56.0. The fraction of sp³-hybridized carbons (Fsp3) is 0.775. The molecular formula is C40H72N10O13. The summed E-state index contributed by atoms with van der Waals surface area (Å²) in [7, 11) is 0. The maximum Gasteiger partial charge on any atom is 0.328 e. The Morgan fingerprint density at radius 1 is 0.651 bits per heavy atom. The summed E-state index contributed by atoms with van der Waals surface area (Å²) in [5, 5.41) is 55.8. The molecule has 63 heavy (non-hydrogen) atoms. The van der Waals surface area contributed by atoms with Crippen LogP contribution >= 0.6 is 0 Å². The average Bonchev–Trinajstić information content (AvgIpc) is 3.72. The molecule has 8 amide bonds. The second-order valence-corrected chi connectivity index (χ2v) is 16.7. The zero-order valence-corrected chi connectivity index (χ0v) is 37.6. The Morgan fingerprint density at radius 3 is 1.62 bits per heavy atom. The Balaban J connectivity index is 3.12. The van der Waals surface area contributed by atoms with E-state index in [2.05, 4.69) is 31.9 Å². The maximum atomic E-state index is 13.8. The van der Waals surface area contributed by atoms with Crippen molar-refractivity contribution < 1.29 is 63.6 Å². The van der Waals surface area contributed by atoms with Crippen LogP contribution in [0.3, 0.4) is 0 Å². The highest BCUT2D eigenvalue weighted by Crippen LogP contribution is 2.19. The number of carbonyl (C=O) groups is 9. The maximum absolute atomic E-state index is 13.8. The van der Waals surface area contributed by atoms with E-state index >= 15 is 0 Å². The molecule has 0 aliphatic carbocycles. The lowest BCUT2D eigenvalue weighted by Gasteiger charge is -2.32. The van der Waals surface area contributed by atoms with E-state index in [1.165, 1.54) is 13.8 Å². The smallest absolute Gasteiger partial charge is 0.328 e. The van der Waals surface area contributed by atoms with Gasteiger partial charge in [0.1, 0.15) is 48.3 Å². The van der Waals surface area contributed by atoms with Crippen molar-refractivity contribution in [2.24, 2.45) is 29.2 Å². The summed E-state index contributed by atoms with van der Waals surface area (Å²) >= 11 is 0. The fourth-order valence-corrected chi connectivity index (χ4v) is 6.64. The minimum atomic E-state index is -1.70. The van der Waals surface area contributed by atoms with Crippen molar-refractivity contribution in [2.75, 3.05) is 26.3 Å². The number of nitrogens with one attached hydrogen (secondary N) is 7. The summed E-state index contributed by atoms with van der Waals surface area (Å²) in [6.45, 7) is 11.4. The van der Waals surface area contributed by atoms with Gasteiger partial charge < -0.3 is 74.0 Å². The van der Waals surface area contributed by atoms with Crippen LogP contribution in [0.1, 0.15) is 93.9 Å². The van der Waals surface area contributed by atoms with Gasteiger partial charge in [-0.05, 0) is 63.8 Å². The largest absolute Gasteiger partial charge is 0.480 e. The van der Waals surface area contributed by atoms with Crippen LogP contribution in [0.4, 0.5) is 0 Å². The first-order chi connectivity index (χ1) is 29.5. The number of hydrogen-bond acceptors (Lipinski definition) is 14. The van der Waals surface area contributed by atoms with Gasteiger partial charge in [0.05, 0.1) is 25.4 Å². The van der Waals surface area contributed by atoms with Crippen molar-refractivity contribution in [1.82, 2.24) is 42.1 Å². The number of aliphatic hydroxyl groups excluding tert-OH is 3. The third kappa shape index (κ3) is 17.3. The van der Waals surface area contributed by atoms with Gasteiger partial charge in [0.2, 0.25) is 47.3 Å². The average molecular weight is 901 g/mol. The number of aliphatic carboxylic acids is 1. The van der Waals surface area contributed by atoms with Crippen LogP contribution in [-0.2, 0) is 43.2 Å². The second-order valence-electron chi connectivity index (χ2n) is 16.7. The molecule has 0 saturated carbocycles. The first-order valence-corrected chi connectivity index (χ1v) is 21.5. The molecule has 0 aromatic rings. The predicted octanol–water partition coefficient (Wildman–Crippen LogP) is -4.34. The van der Waals surface area contributed by atoms with E-state index in [-0.39, 0.29) is 13.0 Å². The highest BCUT2D eigenvalue weighted by atomic mass is 16.4. The van der Waals surface area contributed by atoms with E-state index < -0.39 is 145 Å². The highest BCUT2D eigenvalue weighted by molar-refractivity contribution is 5.98. The van der Waals surface area contributed by atoms with Crippen LogP contribution in [0.15, 0.2) is 0 Å². The Hall–Kier alpha value is -4.97. The summed E-state index contributed by atoms with van der Waals surface area (Å²) in [5.41, 5.74) is 11.6. The molecule has 1 aliphatic heterocycles. The molecule has 15 N–H and O–H groups in total. The van der Waals surface area contributed by atoms with Crippen molar-refractivity contribution in [2.45, 2.75) is 154 Å². The van der Waals surface area contributed by atoms with Gasteiger partial charge in [0.25, 0.3) is 0 Å². The molecule has 360 valence electrons. The molecule has 0 spiro atoms. The summed E-state index contributed by atoms with van der Waals surface area (Å²) in [6.07, 6.45) is 1.03. The van der Waals surface area contributed by atoms with Crippen molar-refractivity contribution in [3.8, 4) is 0 Å². The molecule has 0 unspecified atom stereocenters. The van der Waals surface area contributed by atoms with E-state index in [9.17, 15) is 58.5 Å². The molecule has 23 heteroatoms. The molecule has 0 radical (unpaired) electrons. The number of aliphatic hydroxyl groups is 3. The number of nitrogens with two attached hydrogens (primary N) is 2. The molecule has 1 heterocycles. The molecular weight excluding hydrogens is 828 g/mol. The minimum Gasteiger partial charge on any atom is -0.480 e. The number of carboxylic acids is 1. The van der Waals surface area contributed by atoms with E-state index in [4.69, 9.17) is 16.6 Å². The Bertz CT molecular complexity index is 1580. The minimum absolute atomic E-state index is 0.0694. The quantitative estimate of drug-likeness (QED) is 0.0347. The Kier molecular flexibility index (Phi) is 24.3. The zero-order valence-electron chi connectivity index (χ0n) is 37.6. The third-order valence-corrected chi connectivity index (χ3v) is 10.8. The molecule has 1 fully saturated rings. The van der Waals surface area contributed by atoms with E-state index in [0.717, 1.165) is 4.90 Å². The Labute approximate surface area is 368 Å². The van der Waals surface area contributed by atoms with E-state index in [1.807, 2.05) is 5.32 Å². The summed E-state index contributed by atoms with van der Waals surface area (Å²) < 4.78 is 0. The lowest BCUT2D eigenvalue weighted by Crippen LogP contribution is -2.63. The Morgan fingerprint density at radius 2 is 1.14 bits per heavy atom. The molecule has 0 aromatic carbocycles. The second kappa shape index (κ2) is 27.3. The SMILES string of the molecule is CC[C@H](C)[C@H](NC(=O)[C@@H](NC(=O)[C@@H](NC(=O)[C@@H](N)CCCCN)C(C)C)C(C)C)C(=O)N[C@H](C(=O)N[C@@H](C)C(=O)N1CCC[C@H]1C(=O)N[C@@H](CO)C(=O)N[C@@H](CO)C(=O)O)[C@@H](C)O. The number of amides is 8. The number of likely N-dealkylation sites (tertiary alicyclic amines) is 1. The molecule has 23 nitrogen and oxygen atoms in total. The van der Waals surface area contributed by atoms with Crippen LogP contribution in [-0.4, -0.2) is 165 Å². The van der Waals surface area contributed by atoms with Gasteiger partial charge in [-0.2, -0.15) is 0 Å².